The molecule has 2 heterocycles. The second-order valence-electron chi connectivity index (χ2n) is 12.4. The van der Waals surface area contributed by atoms with E-state index in [0.29, 0.717) is 47.2 Å². The van der Waals surface area contributed by atoms with Crippen LogP contribution >= 0.6 is 11.6 Å². The Morgan fingerprint density at radius 1 is 1.17 bits per heavy atom. The summed E-state index contributed by atoms with van der Waals surface area (Å²) >= 11 is 6.43. The fourth-order valence-corrected chi connectivity index (χ4v) is 8.19. The van der Waals surface area contributed by atoms with E-state index in [1.165, 1.54) is 25.0 Å². The Kier molecular flexibility index (Phi) is 7.85. The number of fused-ring (bicyclic) bond motifs is 1. The second-order valence-corrected chi connectivity index (χ2v) is 13.0. The topological polar surface area (TPSA) is 87.2 Å². The number of halogens is 1. The number of nitrogens with zero attached hydrogens (tertiary/aromatic N) is 3. The van der Waals surface area contributed by atoms with Gasteiger partial charge in [0.2, 0.25) is 11.5 Å². The number of aromatic nitrogens is 2. The van der Waals surface area contributed by atoms with E-state index in [9.17, 15) is 4.79 Å². The van der Waals surface area contributed by atoms with E-state index >= 15 is 0 Å². The van der Waals surface area contributed by atoms with Gasteiger partial charge in [-0.2, -0.15) is 5.10 Å². The minimum absolute atomic E-state index is 0.0565. The standard InChI is InChI=1S/C28H45ClN6O/c1-17-11-19(7-8-24(17)29)15-31-27(36)22-13-20(16-35-10-9-34(3)28(35)30)12-21(14-22)23-5-4-6-25-26(23)18(2)32-33-25/h9-10,17,19-26,30,33H,4-8,11-16H2,1-3H3,(H,31,36). The van der Waals surface area contributed by atoms with E-state index in [2.05, 4.69) is 34.3 Å². The van der Waals surface area contributed by atoms with Crippen molar-refractivity contribution in [2.75, 3.05) is 6.54 Å². The number of carbonyl (C=O) groups is 1. The van der Waals surface area contributed by atoms with Gasteiger partial charge in [0, 0.05) is 55.5 Å². The fourth-order valence-electron chi connectivity index (χ4n) is 7.96. The Labute approximate surface area is 220 Å². The highest BCUT2D eigenvalue weighted by atomic mass is 35.5. The predicted molar refractivity (Wildman–Crippen MR) is 144 cm³/mol. The molecular weight excluding hydrogens is 472 g/mol. The summed E-state index contributed by atoms with van der Waals surface area (Å²) in [5.74, 6) is 3.42. The number of aryl methyl sites for hydroxylation is 1. The van der Waals surface area contributed by atoms with Gasteiger partial charge in [-0.15, -0.1) is 11.6 Å². The molecule has 200 valence electrons. The van der Waals surface area contributed by atoms with Crippen molar-refractivity contribution in [2.24, 2.45) is 53.6 Å². The number of hydrogen-bond donors (Lipinski definition) is 3. The van der Waals surface area contributed by atoms with Gasteiger partial charge in [-0.1, -0.05) is 13.3 Å². The van der Waals surface area contributed by atoms with Gasteiger partial charge in [0.15, 0.2) is 0 Å². The minimum Gasteiger partial charge on any atom is -0.356 e. The zero-order valence-corrected chi connectivity index (χ0v) is 23.0. The van der Waals surface area contributed by atoms with Crippen molar-refractivity contribution < 1.29 is 4.79 Å². The maximum absolute atomic E-state index is 13.6. The highest BCUT2D eigenvalue weighted by molar-refractivity contribution is 6.20. The first-order valence-corrected chi connectivity index (χ1v) is 14.7. The van der Waals surface area contributed by atoms with Crippen LogP contribution in [0.2, 0.25) is 0 Å². The van der Waals surface area contributed by atoms with E-state index in [1.54, 1.807) is 0 Å². The highest BCUT2D eigenvalue weighted by Gasteiger charge is 2.45. The maximum Gasteiger partial charge on any atom is 0.223 e. The van der Waals surface area contributed by atoms with Crippen molar-refractivity contribution in [2.45, 2.75) is 89.6 Å². The van der Waals surface area contributed by atoms with Gasteiger partial charge < -0.3 is 19.9 Å². The maximum atomic E-state index is 13.6. The van der Waals surface area contributed by atoms with Crippen LogP contribution in [0.25, 0.3) is 0 Å². The Hall–Kier alpha value is -1.76. The van der Waals surface area contributed by atoms with Crippen LogP contribution in [-0.2, 0) is 18.4 Å². The third-order valence-corrected chi connectivity index (χ3v) is 10.6. The molecule has 1 aromatic heterocycles. The molecule has 1 aromatic rings. The number of alkyl halides is 1. The summed E-state index contributed by atoms with van der Waals surface area (Å²) in [5, 5.41) is 16.7. The second kappa shape index (κ2) is 10.9. The van der Waals surface area contributed by atoms with Gasteiger partial charge in [-0.25, -0.2) is 0 Å². The number of carbonyl (C=O) groups excluding carboxylic acids is 1. The number of nitrogens with one attached hydrogen (secondary N) is 3. The highest BCUT2D eigenvalue weighted by Crippen LogP contribution is 2.46. The normalized spacial score (nSPS) is 38.7. The van der Waals surface area contributed by atoms with Crippen LogP contribution in [0, 0.1) is 46.8 Å². The largest absolute Gasteiger partial charge is 0.356 e. The number of hydrazone groups is 1. The van der Waals surface area contributed by atoms with Gasteiger partial charge in [-0.05, 0) is 87.9 Å². The Morgan fingerprint density at radius 3 is 2.75 bits per heavy atom. The lowest BCUT2D eigenvalue weighted by Crippen LogP contribution is -2.46. The van der Waals surface area contributed by atoms with Crippen LogP contribution in [0.1, 0.15) is 71.6 Å². The molecule has 5 rings (SSSR count). The zero-order valence-electron chi connectivity index (χ0n) is 22.3. The van der Waals surface area contributed by atoms with E-state index < -0.39 is 0 Å². The lowest BCUT2D eigenvalue weighted by molar-refractivity contribution is -0.128. The molecule has 0 spiro atoms. The van der Waals surface area contributed by atoms with Crippen molar-refractivity contribution in [3.05, 3.63) is 18.0 Å². The Bertz CT molecular complexity index is 1020. The molecule has 1 amide bonds. The van der Waals surface area contributed by atoms with Gasteiger partial charge in [0.25, 0.3) is 0 Å². The molecule has 36 heavy (non-hydrogen) atoms. The fraction of sp³-hybridized carbons (Fsp3) is 0.821. The van der Waals surface area contributed by atoms with Gasteiger partial charge in [0.05, 0.1) is 6.04 Å². The van der Waals surface area contributed by atoms with Crippen LogP contribution < -0.4 is 16.4 Å². The van der Waals surface area contributed by atoms with Gasteiger partial charge in [0.1, 0.15) is 0 Å². The molecule has 0 radical (unpaired) electrons. The Morgan fingerprint density at radius 2 is 2.00 bits per heavy atom. The van der Waals surface area contributed by atoms with Gasteiger partial charge >= 0.3 is 0 Å². The Balaban J connectivity index is 1.29. The molecule has 3 N–H and O–H groups in total. The first kappa shape index (κ1) is 25.9. The summed E-state index contributed by atoms with van der Waals surface area (Å²) in [6, 6.07) is 0.471. The zero-order chi connectivity index (χ0) is 25.4. The average Bonchev–Trinajstić information content (AvgIpc) is 3.41. The van der Waals surface area contributed by atoms with Crippen LogP contribution in [0.15, 0.2) is 17.5 Å². The lowest BCUT2D eigenvalue weighted by atomic mass is 9.62. The molecule has 7 nitrogen and oxygen atoms in total. The van der Waals surface area contributed by atoms with E-state index in [1.807, 2.05) is 24.0 Å². The first-order valence-electron chi connectivity index (χ1n) is 14.3. The van der Waals surface area contributed by atoms with E-state index in [4.69, 9.17) is 17.0 Å². The third kappa shape index (κ3) is 5.41. The van der Waals surface area contributed by atoms with Crippen molar-refractivity contribution in [3.8, 4) is 0 Å². The minimum atomic E-state index is 0.0565. The molecule has 4 aliphatic rings. The lowest BCUT2D eigenvalue weighted by Gasteiger charge is -2.44. The predicted octanol–water partition coefficient (Wildman–Crippen LogP) is 4.26. The monoisotopic (exact) mass is 516 g/mol. The van der Waals surface area contributed by atoms with Crippen molar-refractivity contribution in [3.63, 3.8) is 0 Å². The SMILES string of the molecule is CC1=NNC2CCCC(C3CC(Cn4ccn(C)c4=N)CC(C(=O)NCC4CCC(Cl)C(C)C4)C3)C12. The molecule has 3 aliphatic carbocycles. The number of amides is 1. The molecule has 9 unspecified atom stereocenters. The molecule has 0 bridgehead atoms. The summed E-state index contributed by atoms with van der Waals surface area (Å²) in [4.78, 5) is 13.6. The summed E-state index contributed by atoms with van der Waals surface area (Å²) in [5.41, 5.74) is 5.19. The van der Waals surface area contributed by atoms with Crippen molar-refractivity contribution >= 4 is 23.2 Å². The molecular formula is C28H45ClN6O. The summed E-state index contributed by atoms with van der Waals surface area (Å²) in [6.07, 6.45) is 14.0. The molecule has 3 saturated carbocycles. The third-order valence-electron chi connectivity index (χ3n) is 9.92. The molecule has 0 aromatic carbocycles. The number of rotatable bonds is 6. The molecule has 3 fully saturated rings. The quantitative estimate of drug-likeness (QED) is 0.493. The number of hydrogen-bond acceptors (Lipinski definition) is 4. The molecule has 1 aliphatic heterocycles. The molecule has 0 saturated heterocycles. The van der Waals surface area contributed by atoms with Gasteiger partial charge in [-0.3, -0.25) is 10.2 Å². The first-order chi connectivity index (χ1) is 17.3. The van der Waals surface area contributed by atoms with Crippen molar-refractivity contribution in [1.29, 1.82) is 5.41 Å². The van der Waals surface area contributed by atoms with Crippen molar-refractivity contribution in [1.82, 2.24) is 19.9 Å². The van der Waals surface area contributed by atoms with Crippen LogP contribution in [0.4, 0.5) is 0 Å². The van der Waals surface area contributed by atoms with Crippen LogP contribution in [0.5, 0.6) is 0 Å². The smallest absolute Gasteiger partial charge is 0.223 e. The molecule has 9 atom stereocenters. The van der Waals surface area contributed by atoms with E-state index in [-0.39, 0.29) is 17.2 Å². The van der Waals surface area contributed by atoms with Crippen LogP contribution in [-0.4, -0.2) is 38.7 Å². The summed E-state index contributed by atoms with van der Waals surface area (Å²) < 4.78 is 3.92. The molecule has 8 heteroatoms. The van der Waals surface area contributed by atoms with Crippen LogP contribution in [0.3, 0.4) is 0 Å². The van der Waals surface area contributed by atoms with E-state index in [0.717, 1.165) is 51.6 Å². The average molecular weight is 517 g/mol. The number of imidazole rings is 1. The summed E-state index contributed by atoms with van der Waals surface area (Å²) in [7, 11) is 1.93. The summed E-state index contributed by atoms with van der Waals surface area (Å²) in [6.45, 7) is 6.03.